The van der Waals surface area contributed by atoms with E-state index in [1.165, 1.54) is 44.2 Å². The Balaban J connectivity index is 1.74. The predicted molar refractivity (Wildman–Crippen MR) is 129 cm³/mol. The highest BCUT2D eigenvalue weighted by Crippen LogP contribution is 2.51. The summed E-state index contributed by atoms with van der Waals surface area (Å²) in [4.78, 5) is 3.94. The molecule has 2 nitrogen and oxygen atoms in total. The van der Waals surface area contributed by atoms with Crippen molar-refractivity contribution >= 4 is 11.4 Å². The number of nitrogens with one attached hydrogen (secondary N) is 1. The monoisotopic (exact) mass is 401 g/mol. The van der Waals surface area contributed by atoms with Crippen LogP contribution >= 0.6 is 0 Å². The van der Waals surface area contributed by atoms with E-state index in [0.29, 0.717) is 12.0 Å². The molecular weight excluding hydrogens is 364 g/mol. The zero-order valence-corrected chi connectivity index (χ0v) is 19.7. The molecule has 0 fully saturated rings. The first-order chi connectivity index (χ1) is 14.3. The molecule has 0 bridgehead atoms. The van der Waals surface area contributed by atoms with Crippen molar-refractivity contribution in [2.24, 2.45) is 0 Å². The molecule has 3 atom stereocenters. The van der Waals surface area contributed by atoms with E-state index in [1.807, 2.05) is 0 Å². The second-order valence-corrected chi connectivity index (χ2v) is 9.39. The van der Waals surface area contributed by atoms with Gasteiger partial charge in [0.1, 0.15) is 11.7 Å². The molecule has 0 radical (unpaired) electrons. The fourth-order valence-electron chi connectivity index (χ4n) is 5.96. The Hall–Kier alpha value is -2.32. The average molecular weight is 402 g/mol. The van der Waals surface area contributed by atoms with Crippen LogP contribution in [0.15, 0.2) is 65.9 Å². The molecule has 0 spiro atoms. The van der Waals surface area contributed by atoms with Crippen LogP contribution < -0.4 is 9.80 Å². The van der Waals surface area contributed by atoms with Gasteiger partial charge in [0.15, 0.2) is 0 Å². The smallest absolute Gasteiger partial charge is 0.135 e. The number of rotatable bonds is 4. The van der Waals surface area contributed by atoms with Gasteiger partial charge in [-0.05, 0) is 62.1 Å². The third-order valence-corrected chi connectivity index (χ3v) is 7.81. The van der Waals surface area contributed by atoms with Gasteiger partial charge in [0.05, 0.1) is 7.05 Å². The molecule has 0 amide bonds. The molecule has 2 aromatic carbocycles. The zero-order valence-electron chi connectivity index (χ0n) is 19.7. The van der Waals surface area contributed by atoms with Gasteiger partial charge in [-0.25, -0.2) is 0 Å². The van der Waals surface area contributed by atoms with Crippen LogP contribution in [0.3, 0.4) is 0 Å². The van der Waals surface area contributed by atoms with Crippen molar-refractivity contribution in [3.8, 4) is 0 Å². The highest BCUT2D eigenvalue weighted by Gasteiger charge is 2.43. The molecule has 1 N–H and O–H groups in total. The number of para-hydroxylation sites is 1. The average Bonchev–Trinajstić information content (AvgIpc) is 3.12. The first-order valence-corrected chi connectivity index (χ1v) is 11.5. The maximum absolute atomic E-state index is 2.51. The number of hydrogen-bond donors (Lipinski definition) is 1. The van der Waals surface area contributed by atoms with E-state index in [-0.39, 0.29) is 5.41 Å². The number of hydrogen-bond acceptors (Lipinski definition) is 1. The van der Waals surface area contributed by atoms with Crippen LogP contribution in [-0.2, 0) is 5.41 Å². The SMILES string of the molecule is CCC1(CC)/C(=C\C(C)=C\C2C(C)c3ccccc3[NH+]2C)N(C)c2ccc(C)cc21. The van der Waals surface area contributed by atoms with Crippen LogP contribution in [0.4, 0.5) is 11.4 Å². The van der Waals surface area contributed by atoms with E-state index in [9.17, 15) is 0 Å². The Kier molecular flexibility index (Phi) is 5.40. The highest BCUT2D eigenvalue weighted by molar-refractivity contribution is 5.71. The standard InChI is InChI=1S/C28H36N2/c1-8-28(9-2)23-16-19(3)14-15-25(23)30(7)27(28)18-20(4)17-26-21(5)22-12-10-11-13-24(22)29(26)6/h10-18,21,26H,8-9H2,1-7H3/p+1/b20-17+,27-18+. The lowest BCUT2D eigenvalue weighted by Crippen LogP contribution is -3.06. The van der Waals surface area contributed by atoms with E-state index in [2.05, 4.69) is 108 Å². The molecule has 2 aromatic rings. The van der Waals surface area contributed by atoms with Crippen molar-refractivity contribution in [3.05, 3.63) is 82.6 Å². The van der Waals surface area contributed by atoms with Gasteiger partial charge < -0.3 is 4.90 Å². The van der Waals surface area contributed by atoms with Crippen LogP contribution in [-0.4, -0.2) is 20.1 Å². The van der Waals surface area contributed by atoms with Gasteiger partial charge in [0, 0.05) is 35.3 Å². The minimum absolute atomic E-state index is 0.105. The summed E-state index contributed by atoms with van der Waals surface area (Å²) in [7, 11) is 4.55. The molecule has 2 heteroatoms. The fraction of sp³-hybridized carbons (Fsp3) is 0.429. The Morgan fingerprint density at radius 2 is 1.83 bits per heavy atom. The molecule has 2 aliphatic rings. The summed E-state index contributed by atoms with van der Waals surface area (Å²) in [6.45, 7) is 11.6. The van der Waals surface area contributed by atoms with Crippen molar-refractivity contribution in [1.29, 1.82) is 0 Å². The molecule has 0 aromatic heterocycles. The summed E-state index contributed by atoms with van der Waals surface area (Å²) in [6.07, 6.45) is 7.22. The van der Waals surface area contributed by atoms with Gasteiger partial charge in [0.2, 0.25) is 0 Å². The Morgan fingerprint density at radius 1 is 1.13 bits per heavy atom. The van der Waals surface area contributed by atoms with E-state index in [4.69, 9.17) is 0 Å². The number of quaternary nitrogens is 1. The van der Waals surface area contributed by atoms with Crippen LogP contribution in [0, 0.1) is 6.92 Å². The van der Waals surface area contributed by atoms with Crippen molar-refractivity contribution < 1.29 is 4.90 Å². The molecule has 0 aliphatic carbocycles. The maximum Gasteiger partial charge on any atom is 0.135 e. The van der Waals surface area contributed by atoms with Crippen LogP contribution in [0.25, 0.3) is 0 Å². The highest BCUT2D eigenvalue weighted by atomic mass is 15.2. The van der Waals surface area contributed by atoms with Crippen LogP contribution in [0.1, 0.15) is 63.1 Å². The number of anilines is 1. The molecule has 4 rings (SSSR count). The van der Waals surface area contributed by atoms with Gasteiger partial charge >= 0.3 is 0 Å². The Bertz CT molecular complexity index is 980. The molecule has 2 heterocycles. The summed E-state index contributed by atoms with van der Waals surface area (Å²) in [5, 5.41) is 0. The van der Waals surface area contributed by atoms with Crippen molar-refractivity contribution in [1.82, 2.24) is 0 Å². The zero-order chi connectivity index (χ0) is 21.6. The second kappa shape index (κ2) is 7.74. The first-order valence-electron chi connectivity index (χ1n) is 11.5. The molecule has 0 saturated carbocycles. The fourth-order valence-corrected chi connectivity index (χ4v) is 5.96. The molecule has 0 saturated heterocycles. The predicted octanol–water partition coefficient (Wildman–Crippen LogP) is 5.66. The minimum Gasteiger partial charge on any atom is -0.347 e. The topological polar surface area (TPSA) is 7.68 Å². The molecule has 30 heavy (non-hydrogen) atoms. The van der Waals surface area contributed by atoms with Gasteiger partial charge in [-0.3, -0.25) is 4.90 Å². The van der Waals surface area contributed by atoms with Crippen LogP contribution in [0.5, 0.6) is 0 Å². The molecule has 2 aliphatic heterocycles. The van der Waals surface area contributed by atoms with Gasteiger partial charge in [-0.2, -0.15) is 0 Å². The van der Waals surface area contributed by atoms with E-state index in [1.54, 1.807) is 0 Å². The van der Waals surface area contributed by atoms with E-state index in [0.717, 1.165) is 12.8 Å². The number of nitrogens with zero attached hydrogens (tertiary/aromatic N) is 1. The largest absolute Gasteiger partial charge is 0.347 e. The quantitative estimate of drug-likeness (QED) is 0.694. The van der Waals surface area contributed by atoms with Gasteiger partial charge in [-0.1, -0.05) is 56.7 Å². The third kappa shape index (κ3) is 3.04. The van der Waals surface area contributed by atoms with Gasteiger partial charge in [0.25, 0.3) is 0 Å². The lowest BCUT2D eigenvalue weighted by atomic mass is 9.74. The number of likely N-dealkylation sites (N-methyl/N-ethyl adjacent to an activating group) is 2. The minimum atomic E-state index is 0.105. The summed E-state index contributed by atoms with van der Waals surface area (Å²) in [5.41, 5.74) is 10.1. The number of fused-ring (bicyclic) bond motifs is 2. The summed E-state index contributed by atoms with van der Waals surface area (Å²) < 4.78 is 0. The molecular formula is C28H37N2+. The third-order valence-electron chi connectivity index (χ3n) is 7.81. The number of aryl methyl sites for hydroxylation is 1. The van der Waals surface area contributed by atoms with Crippen molar-refractivity contribution in [2.45, 2.75) is 64.8 Å². The Labute approximate surface area is 182 Å². The lowest BCUT2D eigenvalue weighted by molar-refractivity contribution is -0.825. The Morgan fingerprint density at radius 3 is 2.50 bits per heavy atom. The first kappa shape index (κ1) is 20.9. The van der Waals surface area contributed by atoms with Crippen LogP contribution in [0.2, 0.25) is 0 Å². The summed E-state index contributed by atoms with van der Waals surface area (Å²) in [6, 6.07) is 16.4. The second-order valence-electron chi connectivity index (χ2n) is 9.39. The van der Waals surface area contributed by atoms with E-state index < -0.39 is 0 Å². The molecule has 158 valence electrons. The lowest BCUT2D eigenvalue weighted by Gasteiger charge is -2.31. The summed E-state index contributed by atoms with van der Waals surface area (Å²) >= 11 is 0. The summed E-state index contributed by atoms with van der Waals surface area (Å²) in [5.74, 6) is 0.540. The van der Waals surface area contributed by atoms with E-state index >= 15 is 0 Å². The maximum atomic E-state index is 2.51. The normalized spacial score (nSPS) is 26.2. The number of benzene rings is 2. The van der Waals surface area contributed by atoms with Gasteiger partial charge in [-0.15, -0.1) is 0 Å². The molecule has 3 unspecified atom stereocenters. The number of allylic oxidation sites excluding steroid dienone is 3. The van der Waals surface area contributed by atoms with Crippen molar-refractivity contribution in [3.63, 3.8) is 0 Å². The van der Waals surface area contributed by atoms with Crippen molar-refractivity contribution in [2.75, 3.05) is 19.0 Å².